The standard InChI is InChI=1S/C52H67N7O7/c1-50(2,3)44(57-48(63)66-9)46(61)56-41(28-34-18-20-35(21-19-34)40-17-13-14-23-53-40)43(60)31-38(27-33-15-11-10-12-16-33)55-47(62)45(51(4,5)6)59-26-25-58(49(59)64)32-42-39-30-37(52(7,8)65)29-36(39)22-24-54-42/h10-24,29-30,38,41,43-45,54,60,65H,25-28,31-32H2,1-9H3,(H,55,62)(H,56,61)(H,57,63). The predicted octanol–water partition coefficient (Wildman–Crippen LogP) is 7.04. The van der Waals surface area contributed by atoms with E-state index in [0.717, 1.165) is 44.8 Å². The van der Waals surface area contributed by atoms with E-state index in [2.05, 4.69) is 25.9 Å². The number of benzene rings is 2. The van der Waals surface area contributed by atoms with E-state index in [4.69, 9.17) is 4.74 Å². The van der Waals surface area contributed by atoms with Gasteiger partial charge in [-0.05, 0) is 96.5 Å². The number of alkyl carbamates (subject to hydrolysis) is 1. The van der Waals surface area contributed by atoms with Crippen molar-refractivity contribution in [3.8, 4) is 22.4 Å². The van der Waals surface area contributed by atoms with Crippen molar-refractivity contribution in [1.29, 1.82) is 0 Å². The number of fused-ring (bicyclic) bond motifs is 1. The van der Waals surface area contributed by atoms with Crippen LogP contribution >= 0.6 is 0 Å². The number of nitrogens with zero attached hydrogens (tertiary/aromatic N) is 3. The molecule has 352 valence electrons. The van der Waals surface area contributed by atoms with E-state index in [1.807, 2.05) is 139 Å². The maximum atomic E-state index is 14.8. The molecule has 1 fully saturated rings. The van der Waals surface area contributed by atoms with Crippen LogP contribution in [0.3, 0.4) is 0 Å². The Hall–Kier alpha value is -6.25. The molecule has 3 heterocycles. The normalized spacial score (nSPS) is 15.8. The Bertz CT molecular complexity index is 2380. The molecule has 14 heteroatoms. The van der Waals surface area contributed by atoms with Gasteiger partial charge in [0.2, 0.25) is 11.8 Å². The zero-order valence-corrected chi connectivity index (χ0v) is 39.7. The fourth-order valence-electron chi connectivity index (χ4n) is 8.73. The minimum Gasteiger partial charge on any atom is -0.453 e. The summed E-state index contributed by atoms with van der Waals surface area (Å²) in [4.78, 5) is 66.8. The molecule has 2 aliphatic heterocycles. The SMILES string of the molecule is COC(=O)NC(C(=O)NC(Cc1ccc(-c2ccccn2)cc1)C(O)CC(Cc1ccccc1)NC(=O)C(N1CCN(Cc2[nH]ccc3cc(C(C)(C)O)cc2-3)C1=O)C(C)(C)C)C(C)(C)C. The van der Waals surface area contributed by atoms with Crippen molar-refractivity contribution in [3.63, 3.8) is 0 Å². The van der Waals surface area contributed by atoms with Crippen LogP contribution in [0.15, 0.2) is 103 Å². The smallest absolute Gasteiger partial charge is 0.407 e. The van der Waals surface area contributed by atoms with Crippen molar-refractivity contribution in [2.75, 3.05) is 20.2 Å². The highest BCUT2D eigenvalue weighted by molar-refractivity contribution is 5.89. The number of ether oxygens (including phenoxy) is 1. The number of pyridine rings is 2. The summed E-state index contributed by atoms with van der Waals surface area (Å²) in [6.45, 7) is 15.8. The molecule has 14 nitrogen and oxygen atoms in total. The molecule has 1 aromatic heterocycles. The number of aromatic amines is 1. The maximum Gasteiger partial charge on any atom is 0.407 e. The molecular weight excluding hydrogens is 835 g/mol. The number of aliphatic hydroxyl groups excluding tert-OH is 1. The Kier molecular flexibility index (Phi) is 15.3. The van der Waals surface area contributed by atoms with Crippen LogP contribution < -0.4 is 16.0 Å². The van der Waals surface area contributed by atoms with Gasteiger partial charge in [-0.25, -0.2) is 9.59 Å². The van der Waals surface area contributed by atoms with Gasteiger partial charge in [-0.15, -0.1) is 0 Å². The number of nitrogens with one attached hydrogen (secondary N) is 4. The summed E-state index contributed by atoms with van der Waals surface area (Å²) >= 11 is 0. The largest absolute Gasteiger partial charge is 0.453 e. The molecule has 6 rings (SSSR count). The number of aromatic nitrogens is 2. The summed E-state index contributed by atoms with van der Waals surface area (Å²) in [6.07, 6.45) is 2.26. The van der Waals surface area contributed by atoms with Crippen molar-refractivity contribution in [2.24, 2.45) is 10.8 Å². The number of rotatable bonds is 17. The molecule has 0 spiro atoms. The molecule has 6 N–H and O–H groups in total. The first-order chi connectivity index (χ1) is 31.1. The lowest BCUT2D eigenvalue weighted by Crippen LogP contribution is -2.59. The van der Waals surface area contributed by atoms with Gasteiger partial charge in [0, 0.05) is 48.3 Å². The van der Waals surface area contributed by atoms with Gasteiger partial charge in [-0.1, -0.05) is 102 Å². The first-order valence-electron chi connectivity index (χ1n) is 22.7. The van der Waals surface area contributed by atoms with E-state index in [0.29, 0.717) is 19.5 Å². The van der Waals surface area contributed by atoms with Crippen LogP contribution in [0, 0.1) is 10.8 Å². The Morgan fingerprint density at radius 3 is 2.09 bits per heavy atom. The summed E-state index contributed by atoms with van der Waals surface area (Å²) in [6, 6.07) is 25.3. The summed E-state index contributed by atoms with van der Waals surface area (Å²) in [7, 11) is 1.23. The minimum absolute atomic E-state index is 0.0469. The maximum absolute atomic E-state index is 14.8. The van der Waals surface area contributed by atoms with Crippen LogP contribution in [0.2, 0.25) is 0 Å². The number of H-pyrrole nitrogens is 1. The zero-order chi connectivity index (χ0) is 48.0. The second-order valence-corrected chi connectivity index (χ2v) is 20.2. The molecule has 0 radical (unpaired) electrons. The fourth-order valence-corrected chi connectivity index (χ4v) is 8.73. The lowest BCUT2D eigenvalue weighted by Gasteiger charge is -2.38. The van der Waals surface area contributed by atoms with Crippen LogP contribution in [-0.4, -0.2) is 104 Å². The number of carbonyl (C=O) groups excluding carboxylic acids is 4. The Balaban J connectivity index is 1.25. The third-order valence-electron chi connectivity index (χ3n) is 12.3. The molecule has 1 saturated heterocycles. The molecule has 5 unspecified atom stereocenters. The van der Waals surface area contributed by atoms with Crippen LogP contribution in [-0.2, 0) is 39.3 Å². The van der Waals surface area contributed by atoms with E-state index in [-0.39, 0.29) is 31.3 Å². The van der Waals surface area contributed by atoms with Crippen molar-refractivity contribution in [3.05, 3.63) is 126 Å². The van der Waals surface area contributed by atoms with Crippen LogP contribution in [0.4, 0.5) is 9.59 Å². The Morgan fingerprint density at radius 1 is 0.788 bits per heavy atom. The van der Waals surface area contributed by atoms with Gasteiger partial charge in [-0.3, -0.25) is 14.6 Å². The van der Waals surface area contributed by atoms with Crippen LogP contribution in [0.5, 0.6) is 0 Å². The Labute approximate surface area is 388 Å². The number of carbonyl (C=O) groups is 4. The third-order valence-corrected chi connectivity index (χ3v) is 12.3. The van der Waals surface area contributed by atoms with E-state index >= 15 is 0 Å². The monoisotopic (exact) mass is 902 g/mol. The summed E-state index contributed by atoms with van der Waals surface area (Å²) in [5.41, 5.74) is 4.53. The number of hydrogen-bond donors (Lipinski definition) is 6. The van der Waals surface area contributed by atoms with Gasteiger partial charge in [0.05, 0.1) is 37.1 Å². The molecule has 5 amide bonds. The lowest BCUT2D eigenvalue weighted by molar-refractivity contribution is -0.130. The summed E-state index contributed by atoms with van der Waals surface area (Å²) in [5.74, 6) is -0.855. The van der Waals surface area contributed by atoms with Crippen molar-refractivity contribution in [1.82, 2.24) is 35.7 Å². The average molecular weight is 902 g/mol. The number of aliphatic hydroxyl groups is 2. The van der Waals surface area contributed by atoms with Gasteiger partial charge in [-0.2, -0.15) is 0 Å². The van der Waals surface area contributed by atoms with E-state index in [1.165, 1.54) is 7.11 Å². The zero-order valence-electron chi connectivity index (χ0n) is 39.7. The highest BCUT2D eigenvalue weighted by atomic mass is 16.5. The number of methoxy groups -OCH3 is 1. The first-order valence-corrected chi connectivity index (χ1v) is 22.7. The molecule has 2 aromatic carbocycles. The summed E-state index contributed by atoms with van der Waals surface area (Å²) < 4.78 is 4.85. The lowest BCUT2D eigenvalue weighted by atomic mass is 9.84. The van der Waals surface area contributed by atoms with E-state index in [9.17, 15) is 29.4 Å². The highest BCUT2D eigenvalue weighted by Gasteiger charge is 2.44. The molecule has 0 bridgehead atoms. The highest BCUT2D eigenvalue weighted by Crippen LogP contribution is 2.35. The molecule has 3 aliphatic rings. The quantitative estimate of drug-likeness (QED) is 0.0573. The second kappa shape index (κ2) is 20.5. The van der Waals surface area contributed by atoms with Gasteiger partial charge in [0.15, 0.2) is 0 Å². The molecular formula is C52H67N7O7. The van der Waals surface area contributed by atoms with Gasteiger partial charge < -0.3 is 45.7 Å². The first kappa shape index (κ1) is 49.2. The van der Waals surface area contributed by atoms with Crippen LogP contribution in [0.1, 0.15) is 84.2 Å². The topological polar surface area (TPSA) is 189 Å². The van der Waals surface area contributed by atoms with Crippen LogP contribution in [0.25, 0.3) is 22.4 Å². The minimum atomic E-state index is -1.18. The predicted molar refractivity (Wildman–Crippen MR) is 255 cm³/mol. The van der Waals surface area contributed by atoms with Gasteiger partial charge in [0.25, 0.3) is 0 Å². The van der Waals surface area contributed by atoms with Crippen molar-refractivity contribution >= 4 is 23.9 Å². The van der Waals surface area contributed by atoms with Crippen molar-refractivity contribution < 1.29 is 34.1 Å². The second-order valence-electron chi connectivity index (χ2n) is 20.2. The van der Waals surface area contributed by atoms with Crippen molar-refractivity contribution in [2.45, 2.75) is 117 Å². The average Bonchev–Trinajstić information content (AvgIpc) is 3.86. The number of urea groups is 1. The summed E-state index contributed by atoms with van der Waals surface area (Å²) in [5, 5.41) is 32.0. The molecule has 1 aliphatic carbocycles. The van der Waals surface area contributed by atoms with E-state index < -0.39 is 58.7 Å². The molecule has 66 heavy (non-hydrogen) atoms. The fraction of sp³-hybridized carbons (Fsp3) is 0.442. The van der Waals surface area contributed by atoms with Gasteiger partial charge >= 0.3 is 12.1 Å². The third kappa shape index (κ3) is 12.3. The molecule has 3 aromatic rings. The van der Waals surface area contributed by atoms with E-state index in [1.54, 1.807) is 29.8 Å². The Morgan fingerprint density at radius 2 is 1.47 bits per heavy atom. The molecule has 5 atom stereocenters. The number of hydrogen-bond acceptors (Lipinski definition) is 8. The number of amides is 5. The molecule has 0 saturated carbocycles. The van der Waals surface area contributed by atoms with Gasteiger partial charge in [0.1, 0.15) is 12.1 Å².